The van der Waals surface area contributed by atoms with Crippen LogP contribution in [0.1, 0.15) is 39.2 Å². The van der Waals surface area contributed by atoms with Crippen molar-refractivity contribution < 1.29 is 23.0 Å². The molecule has 0 aliphatic heterocycles. The van der Waals surface area contributed by atoms with Crippen LogP contribution in [0.15, 0.2) is 30.3 Å². The molecule has 22 heavy (non-hydrogen) atoms. The van der Waals surface area contributed by atoms with Crippen LogP contribution in [0.3, 0.4) is 0 Å². The van der Waals surface area contributed by atoms with Crippen LogP contribution >= 0.6 is 0 Å². The SMILES string of the molecule is CCC(C)(C)CC(O)(OCOCc1ccccc1)S(C)(=O)=O. The zero-order valence-corrected chi connectivity index (χ0v) is 14.5. The van der Waals surface area contributed by atoms with Crippen LogP contribution in [0.5, 0.6) is 0 Å². The van der Waals surface area contributed by atoms with E-state index in [0.717, 1.165) is 18.2 Å². The van der Waals surface area contributed by atoms with Crippen molar-refractivity contribution >= 4 is 9.84 Å². The van der Waals surface area contributed by atoms with Crippen LogP contribution in [-0.2, 0) is 25.9 Å². The molecular weight excluding hydrogens is 304 g/mol. The third-order valence-electron chi connectivity index (χ3n) is 3.72. The van der Waals surface area contributed by atoms with E-state index in [1.165, 1.54) is 0 Å². The van der Waals surface area contributed by atoms with Gasteiger partial charge in [-0.15, -0.1) is 0 Å². The highest BCUT2D eigenvalue weighted by Crippen LogP contribution is 2.34. The normalized spacial score (nSPS) is 15.5. The van der Waals surface area contributed by atoms with Gasteiger partial charge in [0.05, 0.1) is 6.61 Å². The maximum absolute atomic E-state index is 11.9. The second-order valence-corrected chi connectivity index (χ2v) is 8.46. The van der Waals surface area contributed by atoms with Gasteiger partial charge in [0.15, 0.2) is 6.79 Å². The molecule has 6 heteroatoms. The number of sulfone groups is 1. The number of benzene rings is 1. The molecule has 1 unspecified atom stereocenters. The molecule has 1 aromatic rings. The van der Waals surface area contributed by atoms with Crippen molar-refractivity contribution in [1.82, 2.24) is 0 Å². The molecule has 5 nitrogen and oxygen atoms in total. The van der Waals surface area contributed by atoms with Gasteiger partial charge in [-0.1, -0.05) is 57.5 Å². The first-order chi connectivity index (χ1) is 10.1. The van der Waals surface area contributed by atoms with E-state index in [9.17, 15) is 13.5 Å². The molecule has 0 radical (unpaired) electrons. The van der Waals surface area contributed by atoms with Gasteiger partial charge in [0.1, 0.15) is 0 Å². The van der Waals surface area contributed by atoms with E-state index in [0.29, 0.717) is 0 Å². The molecule has 0 spiro atoms. The quantitative estimate of drug-likeness (QED) is 0.557. The van der Waals surface area contributed by atoms with Crippen LogP contribution in [0.2, 0.25) is 0 Å². The molecule has 0 aliphatic rings. The number of rotatable bonds is 9. The number of hydrogen-bond donors (Lipinski definition) is 1. The largest absolute Gasteiger partial charge is 0.353 e. The van der Waals surface area contributed by atoms with Crippen molar-refractivity contribution in [3.05, 3.63) is 35.9 Å². The molecule has 0 saturated heterocycles. The van der Waals surface area contributed by atoms with Gasteiger partial charge in [0, 0.05) is 12.7 Å². The summed E-state index contributed by atoms with van der Waals surface area (Å²) < 4.78 is 34.3. The third-order valence-corrected chi connectivity index (χ3v) is 5.14. The molecule has 1 N–H and O–H groups in total. The van der Waals surface area contributed by atoms with E-state index in [-0.39, 0.29) is 25.2 Å². The molecule has 1 atom stereocenters. The molecule has 0 bridgehead atoms. The van der Waals surface area contributed by atoms with E-state index in [1.54, 1.807) is 0 Å². The van der Waals surface area contributed by atoms with Crippen molar-refractivity contribution in [3.8, 4) is 0 Å². The second-order valence-electron chi connectivity index (χ2n) is 6.28. The van der Waals surface area contributed by atoms with Crippen LogP contribution in [0.25, 0.3) is 0 Å². The summed E-state index contributed by atoms with van der Waals surface area (Å²) in [6, 6.07) is 9.45. The van der Waals surface area contributed by atoms with Crippen molar-refractivity contribution in [2.75, 3.05) is 13.0 Å². The first kappa shape index (κ1) is 19.1. The molecule has 0 fully saturated rings. The standard InChI is InChI=1S/C16H26O5S/c1-5-15(2,3)12-16(17,22(4,18)19)21-13-20-11-14-9-7-6-8-10-14/h6-10,17H,5,11-13H2,1-4H3. The van der Waals surface area contributed by atoms with Crippen LogP contribution in [0, 0.1) is 5.41 Å². The van der Waals surface area contributed by atoms with Crippen molar-refractivity contribution in [2.45, 2.75) is 45.3 Å². The summed E-state index contributed by atoms with van der Waals surface area (Å²) in [7, 11) is -3.80. The highest BCUT2D eigenvalue weighted by atomic mass is 32.2. The van der Waals surface area contributed by atoms with E-state index in [4.69, 9.17) is 9.47 Å². The fourth-order valence-electron chi connectivity index (χ4n) is 1.89. The summed E-state index contributed by atoms with van der Waals surface area (Å²) in [4.78, 5) is 0. The average molecular weight is 330 g/mol. The van der Waals surface area contributed by atoms with Crippen molar-refractivity contribution in [1.29, 1.82) is 0 Å². The summed E-state index contributed by atoms with van der Waals surface area (Å²) in [6.07, 6.45) is 1.68. The maximum Gasteiger partial charge on any atom is 0.273 e. The van der Waals surface area contributed by atoms with Gasteiger partial charge in [-0.05, 0) is 11.0 Å². The molecule has 0 heterocycles. The summed E-state index contributed by atoms with van der Waals surface area (Å²) in [6.45, 7) is 5.71. The number of ether oxygens (including phenoxy) is 2. The monoisotopic (exact) mass is 330 g/mol. The van der Waals surface area contributed by atoms with Gasteiger partial charge in [-0.25, -0.2) is 8.42 Å². The van der Waals surface area contributed by atoms with Gasteiger partial charge in [0.25, 0.3) is 5.12 Å². The molecule has 0 amide bonds. The Morgan fingerprint density at radius 2 is 1.77 bits per heavy atom. The maximum atomic E-state index is 11.9. The zero-order chi connectivity index (χ0) is 16.9. The first-order valence-electron chi connectivity index (χ1n) is 7.27. The van der Waals surface area contributed by atoms with Crippen LogP contribution in [-0.4, -0.2) is 31.7 Å². The minimum absolute atomic E-state index is 0.00989. The molecule has 126 valence electrons. The Hall–Kier alpha value is -0.950. The van der Waals surface area contributed by atoms with E-state index >= 15 is 0 Å². The van der Waals surface area contributed by atoms with Gasteiger partial charge in [0.2, 0.25) is 9.84 Å². The van der Waals surface area contributed by atoms with Crippen molar-refractivity contribution in [2.24, 2.45) is 5.41 Å². The highest BCUT2D eigenvalue weighted by molar-refractivity contribution is 7.91. The van der Waals surface area contributed by atoms with Gasteiger partial charge >= 0.3 is 0 Å². The lowest BCUT2D eigenvalue weighted by molar-refractivity contribution is -0.212. The molecule has 0 saturated carbocycles. The lowest BCUT2D eigenvalue weighted by atomic mass is 9.86. The Labute approximate surface area is 133 Å². The zero-order valence-electron chi connectivity index (χ0n) is 13.7. The second kappa shape index (κ2) is 7.55. The molecule has 0 aromatic heterocycles. The molecular formula is C16H26O5S. The van der Waals surface area contributed by atoms with Crippen LogP contribution < -0.4 is 0 Å². The predicted octanol–water partition coefficient (Wildman–Crippen LogP) is 2.69. The third kappa shape index (κ3) is 5.68. The number of aliphatic hydroxyl groups is 1. The first-order valence-corrected chi connectivity index (χ1v) is 9.16. The lowest BCUT2D eigenvalue weighted by Gasteiger charge is -2.33. The van der Waals surface area contributed by atoms with E-state index < -0.39 is 15.0 Å². The van der Waals surface area contributed by atoms with Gasteiger partial charge in [-0.3, -0.25) is 0 Å². The highest BCUT2D eigenvalue weighted by Gasteiger charge is 2.44. The van der Waals surface area contributed by atoms with Crippen molar-refractivity contribution in [3.63, 3.8) is 0 Å². The minimum atomic E-state index is -3.80. The summed E-state index contributed by atoms with van der Waals surface area (Å²) >= 11 is 0. The summed E-state index contributed by atoms with van der Waals surface area (Å²) in [5.74, 6) is 0. The fraction of sp³-hybridized carbons (Fsp3) is 0.625. The Bertz CT molecular complexity index is 553. The van der Waals surface area contributed by atoms with E-state index in [1.807, 2.05) is 51.1 Å². The average Bonchev–Trinajstić information content (AvgIpc) is 2.43. The van der Waals surface area contributed by atoms with Gasteiger partial charge in [-0.2, -0.15) is 0 Å². The minimum Gasteiger partial charge on any atom is -0.353 e. The molecule has 1 rings (SSSR count). The topological polar surface area (TPSA) is 72.8 Å². The molecule has 0 aliphatic carbocycles. The predicted molar refractivity (Wildman–Crippen MR) is 85.7 cm³/mol. The fourth-order valence-corrected chi connectivity index (χ4v) is 2.80. The van der Waals surface area contributed by atoms with Crippen LogP contribution in [0.4, 0.5) is 0 Å². The Morgan fingerprint density at radius 1 is 1.18 bits per heavy atom. The Balaban J connectivity index is 2.63. The molecule has 1 aromatic carbocycles. The smallest absolute Gasteiger partial charge is 0.273 e. The number of hydrogen-bond acceptors (Lipinski definition) is 5. The Morgan fingerprint density at radius 3 is 2.27 bits per heavy atom. The summed E-state index contributed by atoms with van der Waals surface area (Å²) in [5.41, 5.74) is 0.583. The van der Waals surface area contributed by atoms with E-state index in [2.05, 4.69) is 0 Å². The summed E-state index contributed by atoms with van der Waals surface area (Å²) in [5, 5.41) is 8.19. The van der Waals surface area contributed by atoms with Gasteiger partial charge < -0.3 is 14.6 Å². The lowest BCUT2D eigenvalue weighted by Crippen LogP contribution is -2.45. The Kier molecular flexibility index (Phi) is 6.55.